The molecule has 0 saturated carbocycles. The number of pyridine rings is 1. The van der Waals surface area contributed by atoms with Crippen LogP contribution in [0.1, 0.15) is 178 Å². The van der Waals surface area contributed by atoms with E-state index in [1.54, 1.807) is 42.9 Å². The number of nitrogens with two attached hydrogens (primary N) is 3. The second-order valence-corrected chi connectivity index (χ2v) is 39.0. The van der Waals surface area contributed by atoms with Gasteiger partial charge < -0.3 is 63.1 Å². The molecule has 8 aromatic rings. The Morgan fingerprint density at radius 2 is 1.17 bits per heavy atom. The fraction of sp³-hybridized carbons (Fsp3) is 0.505. The van der Waals surface area contributed by atoms with Gasteiger partial charge in [0.05, 0.1) is 24.2 Å². The first-order valence-electron chi connectivity index (χ1n) is 46.0. The molecule has 3 amide bonds. The van der Waals surface area contributed by atoms with Gasteiger partial charge in [0.15, 0.2) is 29.1 Å². The summed E-state index contributed by atoms with van der Waals surface area (Å²) < 4.78 is 0. The molecule has 670 valence electrons. The van der Waals surface area contributed by atoms with E-state index in [9.17, 15) is 10.2 Å². The third-order valence-corrected chi connectivity index (χ3v) is 30.1. The highest BCUT2D eigenvalue weighted by Crippen LogP contribution is 2.50. The molecule has 5 aromatic carbocycles. The Kier molecular flexibility index (Phi) is 32.6. The van der Waals surface area contributed by atoms with Crippen molar-refractivity contribution in [2.45, 2.75) is 209 Å². The predicted octanol–water partition coefficient (Wildman–Crippen LogP) is 12.1. The zero-order valence-electron chi connectivity index (χ0n) is 73.5. The van der Waals surface area contributed by atoms with E-state index in [1.807, 2.05) is 78.1 Å². The number of amides is 3. The number of carbonyl (C=O) groups excluding carboxylic acids is 8. The monoisotopic (exact) mass is 1750 g/mol. The number of hydrogen-bond donors (Lipinski definition) is 10. The maximum atomic E-state index is 16.4. The molecule has 6 heterocycles. The summed E-state index contributed by atoms with van der Waals surface area (Å²) in [7, 11) is 4.57. The standard InChI is InChI=1S/C101H129N13O10S2/c1-63(115)97-94(121)55-73(45-65-29-33-77(116)34-30-65)90(117)28-9-5-8-27-87(114(41-43-125-61-67-47-81-79-23-14-20-69-31-32-70(95(69)79)51-88(81)112(2)59-67)42-44-126-62-68-48-82-80-24-15-26-84-96(80)76(58-108-84)52-89(82)113(3)60-68)93(120)54-72(21-16-38-106-101(103)104)98(122)109-85(49-64-17-6-4-7-18-64)92(119)56-74(46-66-35-39-105-40-36-66)100(124)110-86(50-75-57-107-83-25-11-10-22-78(75)83)91(118)53-71(99(123)111-97)19-12-13-37-102/h4,6-7,10-11,14-15,17-18,20,22-26,29-30,32-36,39-40,57-58,63,67-68,71-74,81-82,85-89,97,107-108,115-116H,5,8-9,12-13,16,19,21,27-28,31,37-38,41-56,59-62,102H2,1-3H3,(H,109,122)(H,110,124)(H,111,123)(H4,103,104,106)/t63-,67-,68-,71-,72-,73-,74-,81-,82-,85+,86-,87-,88-,89-,97+/m1/s1. The number of nitrogens with one attached hydrogen (secondary N) is 5. The topological polar surface area (TPSA) is 358 Å². The molecule has 3 aliphatic carbocycles. The van der Waals surface area contributed by atoms with Crippen LogP contribution in [0.2, 0.25) is 0 Å². The Morgan fingerprint density at radius 3 is 1.88 bits per heavy atom. The summed E-state index contributed by atoms with van der Waals surface area (Å²) in [5, 5.41) is 33.3. The average Bonchev–Trinajstić information content (AvgIpc) is 1.55. The Labute approximate surface area is 750 Å². The molecule has 23 nitrogen and oxygen atoms in total. The van der Waals surface area contributed by atoms with Crippen LogP contribution in [-0.4, -0.2) is 211 Å². The van der Waals surface area contributed by atoms with Crippen LogP contribution in [0.3, 0.4) is 0 Å². The number of carbonyl (C=O) groups is 8. The van der Waals surface area contributed by atoms with E-state index >= 15 is 38.4 Å². The number of phenols is 1. The number of fused-ring (bicyclic) bond motifs is 5. The minimum atomic E-state index is -1.49. The number of para-hydroxylation sites is 1. The van der Waals surface area contributed by atoms with Crippen molar-refractivity contribution in [3.63, 3.8) is 0 Å². The van der Waals surface area contributed by atoms with Crippen LogP contribution in [0, 0.1) is 35.5 Å². The minimum Gasteiger partial charge on any atom is -0.508 e. The first-order valence-corrected chi connectivity index (χ1v) is 48.3. The van der Waals surface area contributed by atoms with Crippen LogP contribution in [0.4, 0.5) is 0 Å². The van der Waals surface area contributed by atoms with E-state index in [1.165, 1.54) is 63.3 Å². The number of likely N-dealkylation sites (N-methyl/N-ethyl adjacent to an activating group) is 2. The van der Waals surface area contributed by atoms with E-state index < -0.39 is 102 Å². The summed E-state index contributed by atoms with van der Waals surface area (Å²) in [5.74, 6) is -2.84. The molecule has 0 bridgehead atoms. The van der Waals surface area contributed by atoms with Crippen LogP contribution in [-0.2, 0) is 76.9 Å². The number of H-pyrrole nitrogens is 2. The van der Waals surface area contributed by atoms with Crippen molar-refractivity contribution in [3.05, 3.63) is 208 Å². The summed E-state index contributed by atoms with van der Waals surface area (Å²) in [5.41, 5.74) is 31.4. The second-order valence-electron chi connectivity index (χ2n) is 36.7. The third kappa shape index (κ3) is 23.8. The van der Waals surface area contributed by atoms with Crippen LogP contribution >= 0.6 is 23.5 Å². The summed E-state index contributed by atoms with van der Waals surface area (Å²) in [6.45, 7) is 5.01. The molecule has 0 radical (unpaired) electrons. The van der Waals surface area contributed by atoms with Crippen molar-refractivity contribution in [3.8, 4) is 5.75 Å². The van der Waals surface area contributed by atoms with E-state index in [0.29, 0.717) is 117 Å². The molecule has 3 fully saturated rings. The van der Waals surface area contributed by atoms with E-state index in [2.05, 4.69) is 113 Å². The van der Waals surface area contributed by atoms with Gasteiger partial charge in [0.2, 0.25) is 17.7 Å². The van der Waals surface area contributed by atoms with Crippen LogP contribution in [0.5, 0.6) is 5.75 Å². The molecule has 0 unspecified atom stereocenters. The van der Waals surface area contributed by atoms with Gasteiger partial charge in [0.25, 0.3) is 0 Å². The summed E-state index contributed by atoms with van der Waals surface area (Å²) >= 11 is 3.88. The molecule has 6 aliphatic rings. The highest BCUT2D eigenvalue weighted by molar-refractivity contribution is 7.99. The van der Waals surface area contributed by atoms with E-state index in [-0.39, 0.29) is 87.6 Å². The second kappa shape index (κ2) is 44.4. The zero-order valence-corrected chi connectivity index (χ0v) is 75.1. The van der Waals surface area contributed by atoms with Crippen molar-refractivity contribution in [1.82, 2.24) is 45.6 Å². The number of hydrogen-bond acceptors (Lipinski definition) is 18. The SMILES string of the molecule is C[C@@H](O)[C@@H]1NC(=O)[C@H](CCCCN)CC(=O)[C@@H](Cc2c[nH]c3ccccc23)NC(=O)[C@H](Cc2ccncc2)CC(=O)[C@H](Cc2ccccc2)NC(=O)[C@H](CCCN=C(N)N)CC(=O)[C@H](N(CCSC[C@@H]2C[C@@H]3c4cccc5c4C(=CC5)C[C@H]3N(C)C2)CCSC[C@@H]2C[C@@H]3c4cccc5[nH]cc(c45)C[C@H]3N(C)C2)CCCCCC(=O)[C@H](Cc2ccc(O)cc2)CC1=O. The number of aromatic hydroxyl groups is 1. The molecule has 3 aliphatic heterocycles. The summed E-state index contributed by atoms with van der Waals surface area (Å²) in [6.07, 6.45) is 15.8. The first kappa shape index (κ1) is 92.6. The number of Topliss-reactive ketones (excluding diaryl/α,β-unsaturated/α-hetero) is 5. The highest BCUT2D eigenvalue weighted by Gasteiger charge is 2.44. The van der Waals surface area contributed by atoms with Gasteiger partial charge >= 0.3 is 0 Å². The van der Waals surface area contributed by atoms with Crippen molar-refractivity contribution in [2.75, 3.05) is 76.4 Å². The number of aliphatic imine (C=N–C) groups is 1. The number of guanidine groups is 1. The first-order chi connectivity index (χ1) is 61.1. The molecule has 126 heavy (non-hydrogen) atoms. The Morgan fingerprint density at radius 1 is 0.571 bits per heavy atom. The number of thioether (sulfide) groups is 2. The lowest BCUT2D eigenvalue weighted by Gasteiger charge is -2.47. The fourth-order valence-electron chi connectivity index (χ4n) is 21.2. The van der Waals surface area contributed by atoms with Gasteiger partial charge in [-0.25, -0.2) is 0 Å². The molecule has 3 saturated heterocycles. The molecule has 3 aromatic heterocycles. The van der Waals surface area contributed by atoms with Crippen LogP contribution < -0.4 is 33.2 Å². The number of aromatic amines is 2. The maximum Gasteiger partial charge on any atom is 0.224 e. The number of nitrogens with zero attached hydrogens (tertiary/aromatic N) is 5. The number of aromatic nitrogens is 3. The Hall–Kier alpha value is -9.60. The predicted molar refractivity (Wildman–Crippen MR) is 502 cm³/mol. The number of likely N-dealkylation sites (tertiary alicyclic amines) is 2. The van der Waals surface area contributed by atoms with Gasteiger partial charge in [-0.3, -0.25) is 53.2 Å². The van der Waals surface area contributed by atoms with Gasteiger partial charge in [0, 0.05) is 177 Å². The zero-order chi connectivity index (χ0) is 88.3. The van der Waals surface area contributed by atoms with Crippen molar-refractivity contribution >= 4 is 104 Å². The number of benzene rings is 5. The van der Waals surface area contributed by atoms with Crippen molar-refractivity contribution in [1.29, 1.82) is 0 Å². The molecule has 25 heteroatoms. The molecular weight excluding hydrogens is 1620 g/mol. The number of rotatable bonds is 28. The highest BCUT2D eigenvalue weighted by atomic mass is 32.2. The van der Waals surface area contributed by atoms with Gasteiger partial charge in [0.1, 0.15) is 17.6 Å². The van der Waals surface area contributed by atoms with Gasteiger partial charge in [-0.1, -0.05) is 116 Å². The van der Waals surface area contributed by atoms with E-state index in [0.717, 1.165) is 84.7 Å². The number of ketones is 5. The summed E-state index contributed by atoms with van der Waals surface area (Å²) in [4.78, 5) is 148. The van der Waals surface area contributed by atoms with E-state index in [4.69, 9.17) is 17.2 Å². The quantitative estimate of drug-likeness (QED) is 0.0124. The summed E-state index contributed by atoms with van der Waals surface area (Å²) in [6, 6.07) is 36.7. The number of allylic oxidation sites excluding steroid dienone is 1. The number of aliphatic hydroxyl groups is 1. The number of phenolic OH excluding ortho intramolecular Hbond substituents is 1. The average molecular weight is 1750 g/mol. The van der Waals surface area contributed by atoms with Crippen molar-refractivity contribution < 1.29 is 48.6 Å². The van der Waals surface area contributed by atoms with Gasteiger partial charge in [-0.05, 0) is 233 Å². The van der Waals surface area contributed by atoms with Crippen molar-refractivity contribution in [2.24, 2.45) is 57.7 Å². The maximum absolute atomic E-state index is 16.4. The van der Waals surface area contributed by atoms with Crippen LogP contribution in [0.15, 0.2) is 163 Å². The molecule has 13 N–H and O–H groups in total. The van der Waals surface area contributed by atoms with Gasteiger partial charge in [-0.15, -0.1) is 0 Å². The van der Waals surface area contributed by atoms with Crippen LogP contribution in [0.25, 0.3) is 27.4 Å². The smallest absolute Gasteiger partial charge is 0.224 e. The number of aliphatic hydroxyl groups excluding tert-OH is 1. The normalized spacial score (nSPS) is 25.7. The lowest BCUT2D eigenvalue weighted by atomic mass is 9.70. The number of unbranched alkanes of at least 4 members (excludes halogenated alkanes) is 1. The third-order valence-electron chi connectivity index (χ3n) is 27.8. The fourth-order valence-corrected chi connectivity index (χ4v) is 23.4. The van der Waals surface area contributed by atoms with Gasteiger partial charge in [-0.2, -0.15) is 23.5 Å². The molecule has 14 rings (SSSR count). The molecule has 15 atom stereocenters. The Bertz CT molecular complexity index is 5130. The lowest BCUT2D eigenvalue weighted by Crippen LogP contribution is -2.51. The lowest BCUT2D eigenvalue weighted by molar-refractivity contribution is -0.137. The largest absolute Gasteiger partial charge is 0.508 e. The Balaban J connectivity index is 0.797. The molecular formula is C101H129N13O10S2. The molecule has 0 spiro atoms. The number of piperidine rings is 2. The minimum absolute atomic E-state index is 0.0235.